The summed E-state index contributed by atoms with van der Waals surface area (Å²) in [5.74, 6) is 1.04. The molecule has 0 bridgehead atoms. The van der Waals surface area contributed by atoms with Crippen LogP contribution < -0.4 is 20.1 Å². The first-order valence-corrected chi connectivity index (χ1v) is 11.3. The van der Waals surface area contributed by atoms with E-state index in [2.05, 4.69) is 16.7 Å². The Kier molecular flexibility index (Phi) is 5.80. The average molecular weight is 455 g/mol. The fraction of sp³-hybridized carbons (Fsp3) is 0.214. The molecule has 2 unspecified atom stereocenters. The normalized spacial score (nSPS) is 18.9. The molecule has 172 valence electrons. The zero-order valence-electron chi connectivity index (χ0n) is 19.1. The van der Waals surface area contributed by atoms with Gasteiger partial charge in [-0.3, -0.25) is 9.59 Å². The Bertz CT molecular complexity index is 1280. The summed E-state index contributed by atoms with van der Waals surface area (Å²) in [6.45, 7) is 0. The number of methoxy groups -OCH3 is 2. The van der Waals surface area contributed by atoms with Crippen LogP contribution in [0.25, 0.3) is 0 Å². The molecule has 1 aliphatic carbocycles. The summed E-state index contributed by atoms with van der Waals surface area (Å²) in [4.78, 5) is 26.2. The summed E-state index contributed by atoms with van der Waals surface area (Å²) in [5, 5.41) is 7.03. The van der Waals surface area contributed by atoms with Gasteiger partial charge in [0, 0.05) is 34.9 Å². The topological polar surface area (TPSA) is 76.7 Å². The number of carbonyl (C=O) groups is 2. The molecule has 34 heavy (non-hydrogen) atoms. The zero-order valence-corrected chi connectivity index (χ0v) is 19.1. The number of allylic oxidation sites excluding steroid dienone is 1. The Morgan fingerprint density at radius 1 is 0.912 bits per heavy atom. The van der Waals surface area contributed by atoms with Gasteiger partial charge in [-0.05, 0) is 36.8 Å². The molecule has 0 aromatic heterocycles. The van der Waals surface area contributed by atoms with Crippen molar-refractivity contribution in [1.82, 2.24) is 0 Å². The molecule has 2 atom stereocenters. The van der Waals surface area contributed by atoms with E-state index >= 15 is 0 Å². The Morgan fingerprint density at radius 2 is 1.74 bits per heavy atom. The maximum atomic E-state index is 13.2. The lowest BCUT2D eigenvalue weighted by atomic mass is 9.81. The lowest BCUT2D eigenvalue weighted by Gasteiger charge is -2.30. The van der Waals surface area contributed by atoms with E-state index in [-0.39, 0.29) is 17.6 Å². The van der Waals surface area contributed by atoms with Crippen LogP contribution in [0.1, 0.15) is 40.4 Å². The first kappa shape index (κ1) is 21.8. The number of hydrogen-bond donors (Lipinski definition) is 2. The standard InChI is InChI=1S/C28H26N2O4/c1-33-19-12-13-20(25(16-19)34-2)27-26-22(9-6-10-24(26)31)29-23-15-18(11-14-21(23)30-27)28(32)17-7-4-3-5-8-17/h3-5,7-9,11-16,26-27,29-30H,6,10H2,1-2H3. The molecule has 0 amide bonds. The summed E-state index contributed by atoms with van der Waals surface area (Å²) in [5.41, 5.74) is 4.51. The van der Waals surface area contributed by atoms with Crippen molar-refractivity contribution in [3.05, 3.63) is 95.2 Å². The van der Waals surface area contributed by atoms with Crippen LogP contribution in [0.4, 0.5) is 11.4 Å². The van der Waals surface area contributed by atoms with Crippen LogP contribution >= 0.6 is 0 Å². The lowest BCUT2D eigenvalue weighted by Crippen LogP contribution is -2.32. The van der Waals surface area contributed by atoms with E-state index < -0.39 is 5.92 Å². The van der Waals surface area contributed by atoms with Crippen molar-refractivity contribution >= 4 is 22.9 Å². The molecule has 0 saturated heterocycles. The number of benzene rings is 3. The minimum Gasteiger partial charge on any atom is -0.497 e. The number of nitrogens with one attached hydrogen (secondary N) is 2. The minimum atomic E-state index is -0.406. The van der Waals surface area contributed by atoms with Crippen molar-refractivity contribution in [2.45, 2.75) is 18.9 Å². The van der Waals surface area contributed by atoms with Crippen LogP contribution in [0, 0.1) is 5.92 Å². The van der Waals surface area contributed by atoms with Gasteiger partial charge in [0.25, 0.3) is 0 Å². The number of carbonyl (C=O) groups excluding carboxylic acids is 2. The highest BCUT2D eigenvalue weighted by Gasteiger charge is 2.38. The summed E-state index contributed by atoms with van der Waals surface area (Å²) in [6, 6.07) is 20.1. The first-order chi connectivity index (χ1) is 16.6. The second-order valence-electron chi connectivity index (χ2n) is 8.45. The smallest absolute Gasteiger partial charge is 0.193 e. The van der Waals surface area contributed by atoms with Gasteiger partial charge in [0.1, 0.15) is 17.3 Å². The van der Waals surface area contributed by atoms with Crippen LogP contribution in [0.5, 0.6) is 11.5 Å². The summed E-state index contributed by atoms with van der Waals surface area (Å²) >= 11 is 0. The van der Waals surface area contributed by atoms with Crippen molar-refractivity contribution in [3.8, 4) is 11.5 Å². The molecular weight excluding hydrogens is 428 g/mol. The van der Waals surface area contributed by atoms with Gasteiger partial charge in [0.2, 0.25) is 0 Å². The van der Waals surface area contributed by atoms with Crippen molar-refractivity contribution in [1.29, 1.82) is 0 Å². The number of fused-ring (bicyclic) bond motifs is 2. The lowest BCUT2D eigenvalue weighted by molar-refractivity contribution is -0.122. The van der Waals surface area contributed by atoms with Gasteiger partial charge in [0.05, 0.1) is 37.6 Å². The number of Topliss-reactive ketones (excluding diaryl/α,β-unsaturated/α-hetero) is 1. The van der Waals surface area contributed by atoms with Gasteiger partial charge in [-0.15, -0.1) is 0 Å². The number of ketones is 2. The van der Waals surface area contributed by atoms with E-state index in [1.807, 2.05) is 66.7 Å². The van der Waals surface area contributed by atoms with Gasteiger partial charge < -0.3 is 20.1 Å². The number of ether oxygens (including phenoxy) is 2. The largest absolute Gasteiger partial charge is 0.497 e. The van der Waals surface area contributed by atoms with Crippen molar-refractivity contribution in [2.75, 3.05) is 24.9 Å². The minimum absolute atomic E-state index is 0.0481. The summed E-state index contributed by atoms with van der Waals surface area (Å²) in [6.07, 6.45) is 3.25. The molecular formula is C28H26N2O4. The van der Waals surface area contributed by atoms with Gasteiger partial charge in [-0.25, -0.2) is 0 Å². The molecule has 0 spiro atoms. The SMILES string of the molecule is COc1ccc(C2Nc3ccc(C(=O)c4ccccc4)cc3NC3=CCCC(=O)C32)c(OC)c1. The molecule has 2 N–H and O–H groups in total. The van der Waals surface area contributed by atoms with Crippen LogP contribution in [-0.4, -0.2) is 25.8 Å². The quantitative estimate of drug-likeness (QED) is 0.505. The fourth-order valence-electron chi connectivity index (χ4n) is 4.73. The highest BCUT2D eigenvalue weighted by molar-refractivity contribution is 6.10. The second-order valence-corrected chi connectivity index (χ2v) is 8.45. The predicted octanol–water partition coefficient (Wildman–Crippen LogP) is 5.38. The third-order valence-electron chi connectivity index (χ3n) is 6.45. The molecule has 5 rings (SSSR count). The van der Waals surface area contributed by atoms with Crippen LogP contribution in [0.2, 0.25) is 0 Å². The van der Waals surface area contributed by atoms with Gasteiger partial charge >= 0.3 is 0 Å². The van der Waals surface area contributed by atoms with E-state index in [1.54, 1.807) is 14.2 Å². The van der Waals surface area contributed by atoms with E-state index in [4.69, 9.17) is 9.47 Å². The van der Waals surface area contributed by atoms with Crippen molar-refractivity contribution < 1.29 is 19.1 Å². The summed E-state index contributed by atoms with van der Waals surface area (Å²) in [7, 11) is 3.22. The Morgan fingerprint density at radius 3 is 2.50 bits per heavy atom. The first-order valence-electron chi connectivity index (χ1n) is 11.3. The van der Waals surface area contributed by atoms with Gasteiger partial charge in [0.15, 0.2) is 5.78 Å². The van der Waals surface area contributed by atoms with Crippen molar-refractivity contribution in [2.24, 2.45) is 5.92 Å². The van der Waals surface area contributed by atoms with E-state index in [9.17, 15) is 9.59 Å². The zero-order chi connectivity index (χ0) is 23.7. The van der Waals surface area contributed by atoms with Crippen LogP contribution in [-0.2, 0) is 4.79 Å². The number of rotatable bonds is 5. The van der Waals surface area contributed by atoms with E-state index in [0.717, 1.165) is 22.6 Å². The predicted molar refractivity (Wildman–Crippen MR) is 132 cm³/mol. The van der Waals surface area contributed by atoms with Gasteiger partial charge in [-0.2, -0.15) is 0 Å². The maximum absolute atomic E-state index is 13.2. The molecule has 0 radical (unpaired) electrons. The molecule has 2 aliphatic rings. The molecule has 3 aromatic carbocycles. The van der Waals surface area contributed by atoms with E-state index in [0.29, 0.717) is 35.5 Å². The Balaban J connectivity index is 1.59. The Hall–Kier alpha value is -4.06. The molecule has 1 heterocycles. The monoisotopic (exact) mass is 454 g/mol. The molecule has 6 heteroatoms. The third-order valence-corrected chi connectivity index (χ3v) is 6.45. The molecule has 3 aromatic rings. The fourth-order valence-corrected chi connectivity index (χ4v) is 4.73. The van der Waals surface area contributed by atoms with Gasteiger partial charge in [-0.1, -0.05) is 36.4 Å². The molecule has 0 fully saturated rings. The number of anilines is 2. The highest BCUT2D eigenvalue weighted by atomic mass is 16.5. The average Bonchev–Trinajstić information content (AvgIpc) is 3.05. The summed E-state index contributed by atoms with van der Waals surface area (Å²) < 4.78 is 11.0. The van der Waals surface area contributed by atoms with Crippen LogP contribution in [0.3, 0.4) is 0 Å². The maximum Gasteiger partial charge on any atom is 0.193 e. The third kappa shape index (κ3) is 3.92. The molecule has 6 nitrogen and oxygen atoms in total. The Labute approximate surface area is 198 Å². The molecule has 0 saturated carbocycles. The van der Waals surface area contributed by atoms with Crippen LogP contribution in [0.15, 0.2) is 78.5 Å². The number of hydrogen-bond acceptors (Lipinski definition) is 6. The van der Waals surface area contributed by atoms with Crippen molar-refractivity contribution in [3.63, 3.8) is 0 Å². The second kappa shape index (κ2) is 9.06. The molecule has 1 aliphatic heterocycles. The van der Waals surface area contributed by atoms with E-state index in [1.165, 1.54) is 0 Å². The highest BCUT2D eigenvalue weighted by Crippen LogP contribution is 2.45.